The van der Waals surface area contributed by atoms with Crippen molar-refractivity contribution in [3.63, 3.8) is 0 Å². The molecular weight excluding hydrogens is 238 g/mol. The second-order valence-corrected chi connectivity index (χ2v) is 5.02. The highest BCUT2D eigenvalue weighted by Crippen LogP contribution is 2.36. The third-order valence-electron chi connectivity index (χ3n) is 3.77. The predicted octanol–water partition coefficient (Wildman–Crippen LogP) is 1.79. The molecule has 0 aromatic heterocycles. The number of benzene rings is 1. The Morgan fingerprint density at radius 2 is 2.11 bits per heavy atom. The van der Waals surface area contributed by atoms with E-state index >= 15 is 0 Å². The zero-order chi connectivity index (χ0) is 12.8. The maximum atomic E-state index is 13.2. The van der Waals surface area contributed by atoms with E-state index < -0.39 is 5.92 Å². The topological polar surface area (TPSA) is 38.5 Å². The molecule has 0 radical (unpaired) electrons. The smallest absolute Gasteiger partial charge is 0.261 e. The molecule has 0 aliphatic carbocycles. The predicted molar refractivity (Wildman–Crippen MR) is 63.8 cm³/mol. The number of hydrogen-bond donors (Lipinski definition) is 1. The summed E-state index contributed by atoms with van der Waals surface area (Å²) >= 11 is 0. The van der Waals surface area contributed by atoms with Gasteiger partial charge in [0.05, 0.1) is 18.6 Å². The Bertz CT molecular complexity index is 452. The van der Waals surface area contributed by atoms with E-state index in [1.54, 1.807) is 4.90 Å². The van der Waals surface area contributed by atoms with Crippen LogP contribution in [0, 0.1) is 0 Å². The van der Waals surface area contributed by atoms with Crippen molar-refractivity contribution < 1.29 is 13.5 Å². The molecule has 18 heavy (non-hydrogen) atoms. The Morgan fingerprint density at radius 1 is 1.33 bits per heavy atom. The fourth-order valence-electron chi connectivity index (χ4n) is 2.75. The zero-order valence-electron chi connectivity index (χ0n) is 9.98. The van der Waals surface area contributed by atoms with Crippen LogP contribution in [0.3, 0.4) is 0 Å². The van der Waals surface area contributed by atoms with Crippen LogP contribution in [0.2, 0.25) is 0 Å². The quantitative estimate of drug-likeness (QED) is 0.830. The van der Waals surface area contributed by atoms with Crippen LogP contribution in [0.5, 0.6) is 5.75 Å². The lowest BCUT2D eigenvalue weighted by molar-refractivity contribution is 0.00124. The zero-order valence-corrected chi connectivity index (χ0v) is 9.98. The second-order valence-electron chi connectivity index (χ2n) is 5.02. The largest absolute Gasteiger partial charge is 0.492 e. The van der Waals surface area contributed by atoms with E-state index in [0.717, 1.165) is 11.3 Å². The van der Waals surface area contributed by atoms with Crippen LogP contribution >= 0.6 is 0 Å². The summed E-state index contributed by atoms with van der Waals surface area (Å²) in [5.74, 6) is -1.82. The number of rotatable bonds is 1. The molecule has 0 unspecified atom stereocenters. The van der Waals surface area contributed by atoms with E-state index in [1.165, 1.54) is 0 Å². The van der Waals surface area contributed by atoms with Crippen molar-refractivity contribution in [2.45, 2.75) is 24.4 Å². The van der Waals surface area contributed by atoms with Gasteiger partial charge in [-0.05, 0) is 6.07 Å². The second kappa shape index (κ2) is 4.17. The molecule has 3 rings (SSSR count). The van der Waals surface area contributed by atoms with Gasteiger partial charge in [-0.15, -0.1) is 0 Å². The van der Waals surface area contributed by atoms with Gasteiger partial charge in [-0.3, -0.25) is 4.90 Å². The van der Waals surface area contributed by atoms with E-state index in [4.69, 9.17) is 10.5 Å². The van der Waals surface area contributed by atoms with E-state index in [2.05, 4.69) is 0 Å². The normalized spacial score (nSPS) is 30.8. The Labute approximate surface area is 105 Å². The molecule has 5 heteroatoms. The van der Waals surface area contributed by atoms with E-state index in [1.807, 2.05) is 24.3 Å². The van der Waals surface area contributed by atoms with Gasteiger partial charge in [0.1, 0.15) is 12.4 Å². The third-order valence-corrected chi connectivity index (χ3v) is 3.77. The van der Waals surface area contributed by atoms with Crippen LogP contribution in [-0.2, 0) is 0 Å². The molecule has 1 aromatic carbocycles. The molecule has 1 aromatic rings. The lowest BCUT2D eigenvalue weighted by atomic mass is 9.96. The molecule has 1 fully saturated rings. The van der Waals surface area contributed by atoms with Gasteiger partial charge in [0.2, 0.25) is 0 Å². The number of alkyl halides is 2. The van der Waals surface area contributed by atoms with Crippen LogP contribution in [-0.4, -0.2) is 36.6 Å². The standard InChI is InChI=1S/C13H16F2N2O/c14-13(15)5-6-17(8-13)10-7-18-11-4-2-1-3-9(11)12(10)16/h1-4,10,12H,5-8,16H2/t10-,12-/m0/s1. The molecule has 0 amide bonds. The summed E-state index contributed by atoms with van der Waals surface area (Å²) in [5.41, 5.74) is 7.10. The number of ether oxygens (including phenoxy) is 1. The van der Waals surface area contributed by atoms with Gasteiger partial charge in [-0.2, -0.15) is 0 Å². The van der Waals surface area contributed by atoms with Gasteiger partial charge in [-0.25, -0.2) is 8.78 Å². The summed E-state index contributed by atoms with van der Waals surface area (Å²) in [5, 5.41) is 0. The third kappa shape index (κ3) is 1.97. The van der Waals surface area contributed by atoms with Gasteiger partial charge in [-0.1, -0.05) is 18.2 Å². The van der Waals surface area contributed by atoms with Crippen molar-refractivity contribution in [2.75, 3.05) is 19.7 Å². The van der Waals surface area contributed by atoms with E-state index in [9.17, 15) is 8.78 Å². The monoisotopic (exact) mass is 254 g/mol. The highest BCUT2D eigenvalue weighted by atomic mass is 19.3. The first-order chi connectivity index (χ1) is 8.57. The van der Waals surface area contributed by atoms with Gasteiger partial charge in [0.25, 0.3) is 5.92 Å². The highest BCUT2D eigenvalue weighted by molar-refractivity contribution is 5.38. The summed E-state index contributed by atoms with van der Waals surface area (Å²) in [7, 11) is 0. The minimum atomic E-state index is -2.59. The number of likely N-dealkylation sites (tertiary alicyclic amines) is 1. The van der Waals surface area contributed by atoms with Crippen molar-refractivity contribution in [3.8, 4) is 5.75 Å². The highest BCUT2D eigenvalue weighted by Gasteiger charge is 2.43. The number of nitrogens with two attached hydrogens (primary N) is 1. The molecule has 3 nitrogen and oxygen atoms in total. The van der Waals surface area contributed by atoms with Crippen molar-refractivity contribution in [1.29, 1.82) is 0 Å². The van der Waals surface area contributed by atoms with Crippen LogP contribution < -0.4 is 10.5 Å². The molecule has 2 aliphatic heterocycles. The van der Waals surface area contributed by atoms with Crippen molar-refractivity contribution in [1.82, 2.24) is 4.90 Å². The van der Waals surface area contributed by atoms with Crippen molar-refractivity contribution in [3.05, 3.63) is 29.8 Å². The Hall–Kier alpha value is -1.20. The first kappa shape index (κ1) is 11.9. The maximum Gasteiger partial charge on any atom is 0.261 e. The molecular formula is C13H16F2N2O. The van der Waals surface area contributed by atoms with Crippen molar-refractivity contribution in [2.24, 2.45) is 5.73 Å². The summed E-state index contributed by atoms with van der Waals surface area (Å²) < 4.78 is 32.1. The number of hydrogen-bond acceptors (Lipinski definition) is 3. The van der Waals surface area contributed by atoms with Crippen LogP contribution in [0.15, 0.2) is 24.3 Å². The molecule has 98 valence electrons. The molecule has 1 saturated heterocycles. The molecule has 0 bridgehead atoms. The summed E-state index contributed by atoms with van der Waals surface area (Å²) in [6, 6.07) is 7.13. The lowest BCUT2D eigenvalue weighted by Crippen LogP contribution is -2.48. The molecule has 2 aliphatic rings. The lowest BCUT2D eigenvalue weighted by Gasteiger charge is -2.36. The SMILES string of the molecule is N[C@H]1c2ccccc2OC[C@@H]1N1CCC(F)(F)C1. The van der Waals surface area contributed by atoms with Gasteiger partial charge < -0.3 is 10.5 Å². The number of para-hydroxylation sites is 1. The van der Waals surface area contributed by atoms with Crippen molar-refractivity contribution >= 4 is 0 Å². The molecule has 0 spiro atoms. The van der Waals surface area contributed by atoms with Gasteiger partial charge >= 0.3 is 0 Å². The maximum absolute atomic E-state index is 13.2. The molecule has 2 N–H and O–H groups in total. The molecule has 0 saturated carbocycles. The summed E-state index contributed by atoms with van der Waals surface area (Å²) in [4.78, 5) is 1.75. The first-order valence-electron chi connectivity index (χ1n) is 6.16. The number of halogens is 2. The fourth-order valence-corrected chi connectivity index (χ4v) is 2.75. The molecule has 2 atom stereocenters. The Balaban J connectivity index is 1.81. The van der Waals surface area contributed by atoms with E-state index in [0.29, 0.717) is 13.2 Å². The number of fused-ring (bicyclic) bond motifs is 1. The van der Waals surface area contributed by atoms with E-state index in [-0.39, 0.29) is 25.0 Å². The first-order valence-corrected chi connectivity index (χ1v) is 6.16. The average molecular weight is 254 g/mol. The van der Waals surface area contributed by atoms with Crippen LogP contribution in [0.25, 0.3) is 0 Å². The van der Waals surface area contributed by atoms with Gasteiger partial charge in [0, 0.05) is 18.5 Å². The summed E-state index contributed by atoms with van der Waals surface area (Å²) in [6.07, 6.45) is -0.0854. The Kier molecular flexibility index (Phi) is 2.75. The minimum Gasteiger partial charge on any atom is -0.492 e. The number of nitrogens with zero attached hydrogens (tertiary/aromatic N) is 1. The van der Waals surface area contributed by atoms with Crippen LogP contribution in [0.1, 0.15) is 18.0 Å². The minimum absolute atomic E-state index is 0.0854. The van der Waals surface area contributed by atoms with Crippen LogP contribution in [0.4, 0.5) is 8.78 Å². The summed E-state index contributed by atoms with van der Waals surface area (Å²) in [6.45, 7) is 0.558. The average Bonchev–Trinajstić information content (AvgIpc) is 2.70. The fraction of sp³-hybridized carbons (Fsp3) is 0.538. The Morgan fingerprint density at radius 3 is 2.83 bits per heavy atom. The molecule has 2 heterocycles. The van der Waals surface area contributed by atoms with Gasteiger partial charge in [0.15, 0.2) is 0 Å².